The van der Waals surface area contributed by atoms with Crippen LogP contribution in [0.1, 0.15) is 44.9 Å². The zero-order chi connectivity index (χ0) is 14.4. The Morgan fingerprint density at radius 2 is 2.10 bits per heavy atom. The summed E-state index contributed by atoms with van der Waals surface area (Å²) in [6.45, 7) is 2.72. The molecule has 5 heteroatoms. The van der Waals surface area contributed by atoms with Gasteiger partial charge < -0.3 is 15.4 Å². The maximum atomic E-state index is 5.13. The van der Waals surface area contributed by atoms with E-state index in [-0.39, 0.29) is 0 Å². The standard InChI is InChI=1S/C15H26N4O/c1-4-11-6-5-7-12(8-11)17-14-9-13(16-2)18-15(19-14)10-20-3/h9,11-12H,4-8,10H2,1-3H3,(H2,16,17,18,19). The molecular formula is C15H26N4O. The molecule has 1 aliphatic carbocycles. The molecule has 0 spiro atoms. The van der Waals surface area contributed by atoms with Crippen molar-refractivity contribution in [2.75, 3.05) is 24.8 Å². The summed E-state index contributed by atoms with van der Waals surface area (Å²) < 4.78 is 5.13. The first-order valence-electron chi connectivity index (χ1n) is 7.56. The molecule has 1 aliphatic rings. The number of methoxy groups -OCH3 is 1. The summed E-state index contributed by atoms with van der Waals surface area (Å²) in [7, 11) is 3.53. The van der Waals surface area contributed by atoms with Gasteiger partial charge in [0.05, 0.1) is 0 Å². The molecule has 0 saturated heterocycles. The Kier molecular flexibility index (Phi) is 5.59. The molecule has 0 bridgehead atoms. The van der Waals surface area contributed by atoms with Crippen molar-refractivity contribution in [2.45, 2.75) is 51.7 Å². The zero-order valence-corrected chi connectivity index (χ0v) is 12.8. The fourth-order valence-electron chi connectivity index (χ4n) is 2.89. The van der Waals surface area contributed by atoms with Gasteiger partial charge in [0.1, 0.15) is 18.2 Å². The van der Waals surface area contributed by atoms with Crippen molar-refractivity contribution in [3.63, 3.8) is 0 Å². The van der Waals surface area contributed by atoms with Gasteiger partial charge in [0.25, 0.3) is 0 Å². The number of anilines is 2. The lowest BCUT2D eigenvalue weighted by Crippen LogP contribution is -2.27. The van der Waals surface area contributed by atoms with Crippen molar-refractivity contribution < 1.29 is 4.74 Å². The maximum absolute atomic E-state index is 5.13. The summed E-state index contributed by atoms with van der Waals surface area (Å²) in [5, 5.41) is 6.65. The number of aromatic nitrogens is 2. The van der Waals surface area contributed by atoms with Crippen LogP contribution in [0.25, 0.3) is 0 Å². The molecule has 2 unspecified atom stereocenters. The third-order valence-electron chi connectivity index (χ3n) is 4.01. The molecule has 1 aromatic heterocycles. The summed E-state index contributed by atoms with van der Waals surface area (Å²) in [5.41, 5.74) is 0. The summed E-state index contributed by atoms with van der Waals surface area (Å²) >= 11 is 0. The maximum Gasteiger partial charge on any atom is 0.158 e. The van der Waals surface area contributed by atoms with Crippen LogP contribution in [-0.4, -0.2) is 30.2 Å². The third kappa shape index (κ3) is 4.07. The van der Waals surface area contributed by atoms with Crippen molar-refractivity contribution in [2.24, 2.45) is 5.92 Å². The number of hydrogen-bond acceptors (Lipinski definition) is 5. The van der Waals surface area contributed by atoms with Gasteiger partial charge in [-0.15, -0.1) is 0 Å². The Morgan fingerprint density at radius 3 is 2.80 bits per heavy atom. The highest BCUT2D eigenvalue weighted by Crippen LogP contribution is 2.28. The van der Waals surface area contributed by atoms with E-state index in [1.54, 1.807) is 7.11 Å². The number of nitrogens with one attached hydrogen (secondary N) is 2. The Bertz CT molecular complexity index is 424. The fraction of sp³-hybridized carbons (Fsp3) is 0.733. The topological polar surface area (TPSA) is 59.1 Å². The van der Waals surface area contributed by atoms with Crippen LogP contribution in [-0.2, 0) is 11.3 Å². The van der Waals surface area contributed by atoms with Gasteiger partial charge in [-0.3, -0.25) is 0 Å². The molecule has 5 nitrogen and oxygen atoms in total. The second-order valence-corrected chi connectivity index (χ2v) is 5.52. The smallest absolute Gasteiger partial charge is 0.158 e. The van der Waals surface area contributed by atoms with E-state index < -0.39 is 0 Å². The predicted octanol–water partition coefficient (Wildman–Crippen LogP) is 3.05. The normalized spacial score (nSPS) is 22.6. The molecule has 0 aromatic carbocycles. The monoisotopic (exact) mass is 278 g/mol. The van der Waals surface area contributed by atoms with Crippen LogP contribution in [0.5, 0.6) is 0 Å². The van der Waals surface area contributed by atoms with Gasteiger partial charge in [0, 0.05) is 26.3 Å². The summed E-state index contributed by atoms with van der Waals surface area (Å²) in [6, 6.07) is 2.50. The van der Waals surface area contributed by atoms with Crippen LogP contribution in [0.15, 0.2) is 6.07 Å². The quantitative estimate of drug-likeness (QED) is 0.837. The van der Waals surface area contributed by atoms with Crippen molar-refractivity contribution in [3.8, 4) is 0 Å². The zero-order valence-electron chi connectivity index (χ0n) is 12.8. The largest absolute Gasteiger partial charge is 0.377 e. The van der Waals surface area contributed by atoms with Gasteiger partial charge in [0.15, 0.2) is 5.82 Å². The van der Waals surface area contributed by atoms with Gasteiger partial charge >= 0.3 is 0 Å². The molecule has 0 radical (unpaired) electrons. The van der Waals surface area contributed by atoms with Crippen LogP contribution in [0.2, 0.25) is 0 Å². The fourth-order valence-corrected chi connectivity index (χ4v) is 2.89. The van der Waals surface area contributed by atoms with Crippen molar-refractivity contribution >= 4 is 11.6 Å². The number of ether oxygens (including phenoxy) is 1. The predicted molar refractivity (Wildman–Crippen MR) is 82.0 cm³/mol. The van der Waals surface area contributed by atoms with Gasteiger partial charge in [-0.25, -0.2) is 9.97 Å². The Hall–Kier alpha value is -1.36. The highest BCUT2D eigenvalue weighted by molar-refractivity contribution is 5.47. The molecule has 0 amide bonds. The molecule has 112 valence electrons. The molecule has 0 aliphatic heterocycles. The SMILES string of the molecule is CCC1CCCC(Nc2cc(NC)nc(COC)n2)C1. The van der Waals surface area contributed by atoms with Crippen molar-refractivity contribution in [3.05, 3.63) is 11.9 Å². The molecule has 1 fully saturated rings. The number of hydrogen-bond donors (Lipinski definition) is 2. The summed E-state index contributed by atoms with van der Waals surface area (Å²) in [4.78, 5) is 8.91. The Labute approximate surface area is 121 Å². The van der Waals surface area contributed by atoms with Crippen LogP contribution < -0.4 is 10.6 Å². The van der Waals surface area contributed by atoms with Gasteiger partial charge in [-0.05, 0) is 18.8 Å². The van der Waals surface area contributed by atoms with E-state index in [1.807, 2.05) is 13.1 Å². The van der Waals surface area contributed by atoms with Crippen molar-refractivity contribution in [1.29, 1.82) is 0 Å². The lowest BCUT2D eigenvalue weighted by Gasteiger charge is -2.29. The average Bonchev–Trinajstić information content (AvgIpc) is 2.47. The highest BCUT2D eigenvalue weighted by Gasteiger charge is 2.21. The molecule has 20 heavy (non-hydrogen) atoms. The van der Waals surface area contributed by atoms with Crippen LogP contribution >= 0.6 is 0 Å². The highest BCUT2D eigenvalue weighted by atomic mass is 16.5. The first-order valence-corrected chi connectivity index (χ1v) is 7.56. The number of rotatable bonds is 6. The Balaban J connectivity index is 2.05. The molecule has 1 saturated carbocycles. The second kappa shape index (κ2) is 7.43. The lowest BCUT2D eigenvalue weighted by molar-refractivity contribution is 0.178. The van der Waals surface area contributed by atoms with E-state index in [9.17, 15) is 0 Å². The summed E-state index contributed by atoms with van der Waals surface area (Å²) in [6.07, 6.45) is 6.43. The minimum Gasteiger partial charge on any atom is -0.377 e. The lowest BCUT2D eigenvalue weighted by atomic mass is 9.84. The molecule has 1 aromatic rings. The van der Waals surface area contributed by atoms with Gasteiger partial charge in [0.2, 0.25) is 0 Å². The minimum atomic E-state index is 0.437. The van der Waals surface area contributed by atoms with Crippen LogP contribution in [0.4, 0.5) is 11.6 Å². The average molecular weight is 278 g/mol. The summed E-state index contributed by atoms with van der Waals surface area (Å²) in [5.74, 6) is 3.30. The van der Waals surface area contributed by atoms with Gasteiger partial charge in [-0.1, -0.05) is 26.2 Å². The molecule has 2 atom stereocenters. The van der Waals surface area contributed by atoms with E-state index in [4.69, 9.17) is 4.74 Å². The van der Waals surface area contributed by atoms with E-state index in [1.165, 1.54) is 32.1 Å². The minimum absolute atomic E-state index is 0.437. The van der Waals surface area contributed by atoms with E-state index in [0.717, 1.165) is 17.6 Å². The van der Waals surface area contributed by atoms with Gasteiger partial charge in [-0.2, -0.15) is 0 Å². The first kappa shape index (κ1) is 15.0. The molecule has 2 rings (SSSR count). The molecular weight excluding hydrogens is 252 g/mol. The molecule has 1 heterocycles. The van der Waals surface area contributed by atoms with E-state index in [2.05, 4.69) is 27.5 Å². The number of nitrogens with zero attached hydrogens (tertiary/aromatic N) is 2. The van der Waals surface area contributed by atoms with E-state index >= 15 is 0 Å². The second-order valence-electron chi connectivity index (χ2n) is 5.52. The Morgan fingerprint density at radius 1 is 1.30 bits per heavy atom. The first-order chi connectivity index (χ1) is 9.75. The van der Waals surface area contributed by atoms with Crippen LogP contribution in [0.3, 0.4) is 0 Å². The van der Waals surface area contributed by atoms with Crippen LogP contribution in [0, 0.1) is 5.92 Å². The molecule has 2 N–H and O–H groups in total. The van der Waals surface area contributed by atoms with E-state index in [0.29, 0.717) is 18.5 Å². The third-order valence-corrected chi connectivity index (χ3v) is 4.01. The van der Waals surface area contributed by atoms with Crippen molar-refractivity contribution in [1.82, 2.24) is 9.97 Å².